The maximum Gasteiger partial charge on any atom is 0.416 e. The van der Waals surface area contributed by atoms with Gasteiger partial charge >= 0.3 is 6.18 Å². The summed E-state index contributed by atoms with van der Waals surface area (Å²) in [7, 11) is 3.09. The van der Waals surface area contributed by atoms with Gasteiger partial charge in [0.25, 0.3) is 5.91 Å². The van der Waals surface area contributed by atoms with Gasteiger partial charge in [-0.15, -0.1) is 0 Å². The Balaban J connectivity index is 1.83. The molecule has 0 aliphatic heterocycles. The number of methoxy groups -OCH3 is 2. The third kappa shape index (κ3) is 7.78. The van der Waals surface area contributed by atoms with Gasteiger partial charge in [-0.2, -0.15) is 13.2 Å². The first kappa shape index (κ1) is 29.6. The Morgan fingerprint density at radius 3 is 2.36 bits per heavy atom. The van der Waals surface area contributed by atoms with Crippen LogP contribution in [-0.2, 0) is 23.9 Å². The average Bonchev–Trinajstić information content (AvgIpc) is 3.45. The topological polar surface area (TPSA) is 72.2 Å². The van der Waals surface area contributed by atoms with Crippen LogP contribution in [-0.4, -0.2) is 55.0 Å². The lowest BCUT2D eigenvalue weighted by Gasteiger charge is -2.31. The number of carbonyl (C=O) groups is 2. The van der Waals surface area contributed by atoms with Crippen LogP contribution in [0.4, 0.5) is 13.2 Å². The molecule has 1 unspecified atom stereocenters. The van der Waals surface area contributed by atoms with Gasteiger partial charge in [-0.1, -0.05) is 19.1 Å². The Morgan fingerprint density at radius 1 is 1.00 bits per heavy atom. The van der Waals surface area contributed by atoms with Crippen molar-refractivity contribution in [3.8, 4) is 11.5 Å². The third-order valence-electron chi connectivity index (χ3n) is 6.52. The number of halogens is 3. The molecule has 2 amide bonds. The van der Waals surface area contributed by atoms with Crippen LogP contribution in [0.1, 0.15) is 47.5 Å². The predicted molar refractivity (Wildman–Crippen MR) is 140 cm³/mol. The van der Waals surface area contributed by atoms with Crippen LogP contribution in [0.15, 0.2) is 65.3 Å². The third-order valence-corrected chi connectivity index (χ3v) is 6.52. The maximum atomic E-state index is 13.6. The molecule has 1 heterocycles. The van der Waals surface area contributed by atoms with Gasteiger partial charge in [-0.25, -0.2) is 0 Å². The van der Waals surface area contributed by atoms with Crippen LogP contribution in [0.3, 0.4) is 0 Å². The normalized spacial score (nSPS) is 12.1. The van der Waals surface area contributed by atoms with Crippen molar-refractivity contribution in [2.75, 3.05) is 27.3 Å². The molecule has 10 heteroatoms. The maximum absolute atomic E-state index is 13.6. The van der Waals surface area contributed by atoms with Crippen molar-refractivity contribution in [2.45, 2.75) is 45.5 Å². The number of benzene rings is 2. The van der Waals surface area contributed by atoms with E-state index in [1.165, 1.54) is 23.3 Å². The Bertz CT molecular complexity index is 1240. The summed E-state index contributed by atoms with van der Waals surface area (Å²) in [5, 5.41) is 0. The Morgan fingerprint density at radius 2 is 1.74 bits per heavy atom. The summed E-state index contributed by atoms with van der Waals surface area (Å²) in [5.41, 5.74) is -0.136. The first-order chi connectivity index (χ1) is 18.6. The van der Waals surface area contributed by atoms with E-state index in [0.29, 0.717) is 36.6 Å². The molecule has 0 saturated carbocycles. The van der Waals surface area contributed by atoms with Gasteiger partial charge in [0, 0.05) is 18.2 Å². The molecule has 7 nitrogen and oxygen atoms in total. The Hall–Kier alpha value is -3.95. The molecule has 0 spiro atoms. The summed E-state index contributed by atoms with van der Waals surface area (Å²) < 4.78 is 55.9. The number of hydrogen-bond donors (Lipinski definition) is 0. The molecule has 1 atom stereocenters. The quantitative estimate of drug-likeness (QED) is 0.286. The van der Waals surface area contributed by atoms with Crippen LogP contribution >= 0.6 is 0 Å². The molecular formula is C29H33F3N2O5. The van der Waals surface area contributed by atoms with E-state index in [9.17, 15) is 22.8 Å². The van der Waals surface area contributed by atoms with Gasteiger partial charge in [0.1, 0.15) is 12.3 Å². The lowest BCUT2D eigenvalue weighted by atomic mass is 10.1. The molecule has 0 saturated heterocycles. The molecule has 0 N–H and O–H groups in total. The van der Waals surface area contributed by atoms with Crippen molar-refractivity contribution in [1.29, 1.82) is 0 Å². The van der Waals surface area contributed by atoms with E-state index in [1.54, 1.807) is 44.2 Å². The van der Waals surface area contributed by atoms with Crippen LogP contribution in [0.25, 0.3) is 0 Å². The lowest BCUT2D eigenvalue weighted by Crippen LogP contribution is -2.46. The van der Waals surface area contributed by atoms with E-state index in [2.05, 4.69) is 0 Å². The number of alkyl halides is 3. The minimum Gasteiger partial charge on any atom is -0.493 e. The molecule has 0 aliphatic rings. The zero-order chi connectivity index (χ0) is 28.6. The summed E-state index contributed by atoms with van der Waals surface area (Å²) >= 11 is 0. The largest absolute Gasteiger partial charge is 0.493 e. The summed E-state index contributed by atoms with van der Waals surface area (Å²) in [6.07, 6.45) is -2.08. The van der Waals surface area contributed by atoms with E-state index < -0.39 is 17.6 Å². The standard InChI is InChI=1S/C29H33F3N2O5/c1-5-20(2)34(28(36)22-8-6-9-23(17-22)29(30,31)32)19-27(35)33(18-24-10-7-15-39-24)14-13-21-11-12-25(37-3)26(16-21)38-4/h6-12,15-17,20H,5,13-14,18-19H2,1-4H3. The second kappa shape index (κ2) is 13.2. The number of carbonyl (C=O) groups excluding carboxylic acids is 2. The zero-order valence-corrected chi connectivity index (χ0v) is 22.5. The van der Waals surface area contributed by atoms with Crippen LogP contribution in [0, 0.1) is 0 Å². The van der Waals surface area contributed by atoms with E-state index in [1.807, 2.05) is 19.1 Å². The van der Waals surface area contributed by atoms with Crippen molar-refractivity contribution in [2.24, 2.45) is 0 Å². The second-order valence-electron chi connectivity index (χ2n) is 9.10. The number of amides is 2. The molecule has 1 aromatic heterocycles. The van der Waals surface area contributed by atoms with Crippen molar-refractivity contribution >= 4 is 11.8 Å². The first-order valence-corrected chi connectivity index (χ1v) is 12.6. The van der Waals surface area contributed by atoms with Gasteiger partial charge in [0.2, 0.25) is 5.91 Å². The Labute approximate surface area is 226 Å². The number of hydrogen-bond acceptors (Lipinski definition) is 5. The molecule has 39 heavy (non-hydrogen) atoms. The lowest BCUT2D eigenvalue weighted by molar-refractivity contribution is -0.137. The molecule has 3 aromatic rings. The highest BCUT2D eigenvalue weighted by atomic mass is 19.4. The van der Waals surface area contributed by atoms with Gasteiger partial charge in [-0.05, 0) is 67.8 Å². The highest BCUT2D eigenvalue weighted by Crippen LogP contribution is 2.30. The van der Waals surface area contributed by atoms with Gasteiger partial charge in [0.15, 0.2) is 11.5 Å². The average molecular weight is 547 g/mol. The fraction of sp³-hybridized carbons (Fsp3) is 0.379. The molecular weight excluding hydrogens is 513 g/mol. The number of nitrogens with zero attached hydrogens (tertiary/aromatic N) is 2. The second-order valence-corrected chi connectivity index (χ2v) is 9.10. The zero-order valence-electron chi connectivity index (χ0n) is 22.5. The van der Waals surface area contributed by atoms with E-state index >= 15 is 0 Å². The molecule has 0 aliphatic carbocycles. The van der Waals surface area contributed by atoms with E-state index in [0.717, 1.165) is 17.7 Å². The summed E-state index contributed by atoms with van der Waals surface area (Å²) in [6, 6.07) is 12.8. The number of ether oxygens (including phenoxy) is 2. The molecule has 0 fully saturated rings. The van der Waals surface area contributed by atoms with Gasteiger partial charge in [-0.3, -0.25) is 9.59 Å². The predicted octanol–water partition coefficient (Wildman–Crippen LogP) is 5.83. The van der Waals surface area contributed by atoms with Crippen molar-refractivity contribution in [3.63, 3.8) is 0 Å². The smallest absolute Gasteiger partial charge is 0.416 e. The Kier molecular flexibility index (Phi) is 10.0. The van der Waals surface area contributed by atoms with Crippen molar-refractivity contribution in [1.82, 2.24) is 9.80 Å². The molecule has 210 valence electrons. The first-order valence-electron chi connectivity index (χ1n) is 12.6. The summed E-state index contributed by atoms with van der Waals surface area (Å²) in [5.74, 6) is 0.722. The number of furan rings is 1. The van der Waals surface area contributed by atoms with Crippen LogP contribution < -0.4 is 9.47 Å². The van der Waals surface area contributed by atoms with Crippen molar-refractivity contribution < 1.29 is 36.7 Å². The van der Waals surface area contributed by atoms with Gasteiger partial charge in [0.05, 0.1) is 32.6 Å². The number of rotatable bonds is 12. The molecule has 0 bridgehead atoms. The van der Waals surface area contributed by atoms with E-state index in [4.69, 9.17) is 13.9 Å². The minimum atomic E-state index is -4.59. The fourth-order valence-electron chi connectivity index (χ4n) is 4.07. The van der Waals surface area contributed by atoms with Crippen LogP contribution in [0.5, 0.6) is 11.5 Å². The summed E-state index contributed by atoms with van der Waals surface area (Å²) in [4.78, 5) is 29.8. The molecule has 3 rings (SSSR count). The SMILES string of the molecule is CCC(C)N(CC(=O)N(CCc1ccc(OC)c(OC)c1)Cc1ccco1)C(=O)c1cccc(C(F)(F)F)c1. The highest BCUT2D eigenvalue weighted by Gasteiger charge is 2.32. The van der Waals surface area contributed by atoms with Gasteiger partial charge < -0.3 is 23.7 Å². The van der Waals surface area contributed by atoms with Crippen LogP contribution in [0.2, 0.25) is 0 Å². The highest BCUT2D eigenvalue weighted by molar-refractivity contribution is 5.97. The van der Waals surface area contributed by atoms with Crippen molar-refractivity contribution in [3.05, 3.63) is 83.3 Å². The molecule has 2 aromatic carbocycles. The molecule has 0 radical (unpaired) electrons. The summed E-state index contributed by atoms with van der Waals surface area (Å²) in [6.45, 7) is 3.79. The van der Waals surface area contributed by atoms with E-state index in [-0.39, 0.29) is 30.6 Å². The fourth-order valence-corrected chi connectivity index (χ4v) is 4.07. The monoisotopic (exact) mass is 546 g/mol. The minimum absolute atomic E-state index is 0.124.